The van der Waals surface area contributed by atoms with E-state index in [1.54, 1.807) is 41.3 Å². The molecule has 1 aliphatic rings. The second kappa shape index (κ2) is 8.76. The Morgan fingerprint density at radius 1 is 1.22 bits per heavy atom. The van der Waals surface area contributed by atoms with Crippen LogP contribution < -0.4 is 5.32 Å². The minimum Gasteiger partial charge on any atom is -0.354 e. The Labute approximate surface area is 167 Å². The van der Waals surface area contributed by atoms with Crippen molar-refractivity contribution in [1.29, 1.82) is 0 Å². The van der Waals surface area contributed by atoms with E-state index in [4.69, 9.17) is 11.6 Å². The summed E-state index contributed by atoms with van der Waals surface area (Å²) in [6.45, 7) is 2.52. The molecule has 1 saturated heterocycles. The number of nitrogens with one attached hydrogen (secondary N) is 1. The number of carbonyl (C=O) groups excluding carboxylic acids is 2. The molecule has 0 spiro atoms. The fraction of sp³-hybridized carbons (Fsp3) is 0.300. The number of nitrogens with zero attached hydrogens (tertiary/aromatic N) is 1. The Morgan fingerprint density at radius 3 is 2.59 bits per heavy atom. The summed E-state index contributed by atoms with van der Waals surface area (Å²) >= 11 is 7.71. The Hall–Kier alpha value is -2.05. The molecule has 4 nitrogen and oxygen atoms in total. The molecule has 0 bridgehead atoms. The van der Waals surface area contributed by atoms with Crippen molar-refractivity contribution in [3.8, 4) is 0 Å². The fourth-order valence-corrected chi connectivity index (χ4v) is 4.63. The summed E-state index contributed by atoms with van der Waals surface area (Å²) < 4.78 is 13.3. The molecule has 0 aromatic heterocycles. The number of benzene rings is 2. The maximum absolute atomic E-state index is 13.3. The van der Waals surface area contributed by atoms with E-state index in [0.717, 1.165) is 12.0 Å². The molecule has 0 radical (unpaired) electrons. The molecule has 0 aliphatic carbocycles. The number of halogens is 2. The van der Waals surface area contributed by atoms with Crippen LogP contribution in [0.4, 0.5) is 4.39 Å². The number of amides is 2. The molecule has 2 atom stereocenters. The normalized spacial score (nSPS) is 19.1. The van der Waals surface area contributed by atoms with E-state index in [1.807, 2.05) is 6.92 Å². The van der Waals surface area contributed by atoms with Gasteiger partial charge in [-0.3, -0.25) is 9.59 Å². The summed E-state index contributed by atoms with van der Waals surface area (Å²) in [5.74, 6) is -0.373. The number of thioether (sulfide) groups is 1. The molecule has 1 fully saturated rings. The highest BCUT2D eigenvalue weighted by Gasteiger charge is 2.42. The maximum Gasteiger partial charge on any atom is 0.257 e. The average molecular weight is 407 g/mol. The van der Waals surface area contributed by atoms with Crippen LogP contribution in [0.2, 0.25) is 5.02 Å². The number of hydrogen-bond acceptors (Lipinski definition) is 3. The van der Waals surface area contributed by atoms with Gasteiger partial charge < -0.3 is 10.2 Å². The first-order valence-electron chi connectivity index (χ1n) is 8.75. The van der Waals surface area contributed by atoms with Crippen LogP contribution in [0.3, 0.4) is 0 Å². The molecule has 2 amide bonds. The summed E-state index contributed by atoms with van der Waals surface area (Å²) in [6.07, 6.45) is 0.811. The largest absolute Gasteiger partial charge is 0.354 e. The van der Waals surface area contributed by atoms with Crippen LogP contribution in [0.1, 0.15) is 34.6 Å². The van der Waals surface area contributed by atoms with E-state index >= 15 is 0 Å². The Balaban J connectivity index is 1.96. The van der Waals surface area contributed by atoms with E-state index in [1.165, 1.54) is 23.9 Å². The molecule has 0 saturated carbocycles. The van der Waals surface area contributed by atoms with Gasteiger partial charge in [0.05, 0.1) is 10.6 Å². The van der Waals surface area contributed by atoms with Gasteiger partial charge in [0.1, 0.15) is 17.2 Å². The van der Waals surface area contributed by atoms with E-state index in [9.17, 15) is 14.0 Å². The Morgan fingerprint density at radius 2 is 1.93 bits per heavy atom. The zero-order valence-corrected chi connectivity index (χ0v) is 16.4. The van der Waals surface area contributed by atoms with E-state index < -0.39 is 6.04 Å². The second-order valence-electron chi connectivity index (χ2n) is 6.24. The summed E-state index contributed by atoms with van der Waals surface area (Å²) in [5, 5.41) is 2.82. The predicted octanol–water partition coefficient (Wildman–Crippen LogP) is 4.26. The predicted molar refractivity (Wildman–Crippen MR) is 106 cm³/mol. The van der Waals surface area contributed by atoms with Crippen LogP contribution in [0.5, 0.6) is 0 Å². The molecular weight excluding hydrogens is 387 g/mol. The van der Waals surface area contributed by atoms with Crippen LogP contribution in [0.15, 0.2) is 48.5 Å². The lowest BCUT2D eigenvalue weighted by Gasteiger charge is -2.29. The summed E-state index contributed by atoms with van der Waals surface area (Å²) in [7, 11) is 0. The van der Waals surface area contributed by atoms with E-state index in [2.05, 4.69) is 5.32 Å². The zero-order valence-electron chi connectivity index (χ0n) is 14.8. The SMILES string of the molecule is CCCNC(=O)[C@@H]1CS[C@H](c2ccc(F)cc2)N1C(=O)c1ccccc1Cl. The van der Waals surface area contributed by atoms with Crippen molar-refractivity contribution in [3.63, 3.8) is 0 Å². The molecule has 27 heavy (non-hydrogen) atoms. The van der Waals surface area contributed by atoms with Crippen LogP contribution in [0, 0.1) is 5.82 Å². The van der Waals surface area contributed by atoms with Gasteiger partial charge in [0.15, 0.2) is 0 Å². The third kappa shape index (κ3) is 4.28. The third-order valence-corrected chi connectivity index (χ3v) is 6.00. The quantitative estimate of drug-likeness (QED) is 0.807. The minimum absolute atomic E-state index is 0.186. The van der Waals surface area contributed by atoms with Gasteiger partial charge in [-0.2, -0.15) is 0 Å². The number of carbonyl (C=O) groups is 2. The van der Waals surface area contributed by atoms with Gasteiger partial charge in [-0.05, 0) is 36.2 Å². The summed E-state index contributed by atoms with van der Waals surface area (Å²) in [4.78, 5) is 27.5. The summed E-state index contributed by atoms with van der Waals surface area (Å²) in [6, 6.07) is 12.2. The smallest absolute Gasteiger partial charge is 0.257 e. The van der Waals surface area contributed by atoms with Crippen molar-refractivity contribution >= 4 is 35.2 Å². The second-order valence-corrected chi connectivity index (χ2v) is 7.76. The Bertz CT molecular complexity index is 831. The minimum atomic E-state index is -0.611. The van der Waals surface area contributed by atoms with Crippen LogP contribution in [-0.4, -0.2) is 35.1 Å². The van der Waals surface area contributed by atoms with Crippen molar-refractivity contribution in [1.82, 2.24) is 10.2 Å². The first-order chi connectivity index (χ1) is 13.0. The van der Waals surface area contributed by atoms with Gasteiger partial charge in [-0.15, -0.1) is 11.8 Å². The van der Waals surface area contributed by atoms with Gasteiger partial charge in [0, 0.05) is 12.3 Å². The molecule has 2 aromatic rings. The lowest BCUT2D eigenvalue weighted by atomic mass is 10.1. The molecule has 7 heteroatoms. The van der Waals surface area contributed by atoms with E-state index in [-0.39, 0.29) is 23.0 Å². The highest BCUT2D eigenvalue weighted by Crippen LogP contribution is 2.42. The van der Waals surface area contributed by atoms with Crippen molar-refractivity contribution in [2.75, 3.05) is 12.3 Å². The van der Waals surface area contributed by atoms with Gasteiger partial charge in [0.2, 0.25) is 5.91 Å². The highest BCUT2D eigenvalue weighted by atomic mass is 35.5. The molecule has 1 aliphatic heterocycles. The first kappa shape index (κ1) is 19.7. The van der Waals surface area contributed by atoms with Crippen LogP contribution in [-0.2, 0) is 4.79 Å². The molecule has 1 N–H and O–H groups in total. The highest BCUT2D eigenvalue weighted by molar-refractivity contribution is 7.99. The van der Waals surface area contributed by atoms with Gasteiger partial charge in [0.25, 0.3) is 5.91 Å². The molecule has 1 heterocycles. The van der Waals surface area contributed by atoms with Gasteiger partial charge >= 0.3 is 0 Å². The monoisotopic (exact) mass is 406 g/mol. The van der Waals surface area contributed by atoms with Crippen molar-refractivity contribution in [2.45, 2.75) is 24.8 Å². The average Bonchev–Trinajstić information content (AvgIpc) is 3.11. The van der Waals surface area contributed by atoms with Crippen molar-refractivity contribution in [3.05, 3.63) is 70.5 Å². The van der Waals surface area contributed by atoms with E-state index in [0.29, 0.717) is 22.9 Å². The molecular formula is C20H20ClFN2O2S. The molecule has 142 valence electrons. The van der Waals surface area contributed by atoms with Crippen molar-refractivity contribution < 1.29 is 14.0 Å². The van der Waals surface area contributed by atoms with Gasteiger partial charge in [-0.25, -0.2) is 4.39 Å². The Kier molecular flexibility index (Phi) is 6.39. The first-order valence-corrected chi connectivity index (χ1v) is 10.2. The fourth-order valence-electron chi connectivity index (χ4n) is 2.98. The van der Waals surface area contributed by atoms with Gasteiger partial charge in [-0.1, -0.05) is 42.8 Å². The van der Waals surface area contributed by atoms with Crippen LogP contribution in [0.25, 0.3) is 0 Å². The third-order valence-electron chi connectivity index (χ3n) is 4.35. The van der Waals surface area contributed by atoms with Crippen molar-refractivity contribution in [2.24, 2.45) is 0 Å². The number of rotatable bonds is 5. The summed E-state index contributed by atoms with van der Waals surface area (Å²) in [5.41, 5.74) is 1.12. The standard InChI is InChI=1S/C20H20ClFN2O2S/c1-2-11-23-18(25)17-12-27-20(13-7-9-14(22)10-8-13)24(17)19(26)15-5-3-4-6-16(15)21/h3-10,17,20H,2,11-12H2,1H3,(H,23,25)/t17-,20+/m0/s1. The zero-order chi connectivity index (χ0) is 19.4. The molecule has 0 unspecified atom stereocenters. The maximum atomic E-state index is 13.3. The lowest BCUT2D eigenvalue weighted by Crippen LogP contribution is -2.48. The molecule has 3 rings (SSSR count). The van der Waals surface area contributed by atoms with Crippen LogP contribution >= 0.6 is 23.4 Å². The number of hydrogen-bond donors (Lipinski definition) is 1. The molecule has 2 aromatic carbocycles. The lowest BCUT2D eigenvalue weighted by molar-refractivity contribution is -0.124. The topological polar surface area (TPSA) is 49.4 Å².